The zero-order valence-corrected chi connectivity index (χ0v) is 13.5. The molecule has 0 aromatic heterocycles. The molecule has 0 radical (unpaired) electrons. The third-order valence-electron chi connectivity index (χ3n) is 2.79. The molecule has 0 aromatic carbocycles. The summed E-state index contributed by atoms with van der Waals surface area (Å²) in [6.07, 6.45) is 1.11. The summed E-state index contributed by atoms with van der Waals surface area (Å²) >= 11 is 0. The molecule has 0 heterocycles. The number of amides is 2. The molecule has 2 amide bonds. The van der Waals surface area contributed by atoms with Crippen LogP contribution in [0.15, 0.2) is 0 Å². The van der Waals surface area contributed by atoms with E-state index >= 15 is 0 Å². The van der Waals surface area contributed by atoms with Crippen LogP contribution in [0.3, 0.4) is 0 Å². The second kappa shape index (κ2) is 11.1. The summed E-state index contributed by atoms with van der Waals surface area (Å²) in [6, 6.07) is 0. The molecule has 0 fully saturated rings. The van der Waals surface area contributed by atoms with Gasteiger partial charge in [0, 0.05) is 20.1 Å². The van der Waals surface area contributed by atoms with Crippen LogP contribution >= 0.6 is 0 Å². The Bertz CT molecular complexity index is 347. The third-order valence-corrected chi connectivity index (χ3v) is 2.79. The van der Waals surface area contributed by atoms with Crippen molar-refractivity contribution in [2.75, 3.05) is 46.9 Å². The molecule has 0 rings (SSSR count). The lowest BCUT2D eigenvalue weighted by atomic mass is 10.3. The van der Waals surface area contributed by atoms with Crippen LogP contribution in [0, 0.1) is 0 Å². The summed E-state index contributed by atoms with van der Waals surface area (Å²) in [7, 11) is 3.34. The summed E-state index contributed by atoms with van der Waals surface area (Å²) in [4.78, 5) is 37.8. The van der Waals surface area contributed by atoms with E-state index in [1.54, 1.807) is 25.9 Å². The highest BCUT2D eigenvalue weighted by atomic mass is 16.5. The quantitative estimate of drug-likeness (QED) is 0.568. The number of nitrogens with zero attached hydrogens (tertiary/aromatic N) is 2. The number of carbonyl (C=O) groups excluding carboxylic acids is 3. The third kappa shape index (κ3) is 9.84. The maximum absolute atomic E-state index is 11.9. The summed E-state index contributed by atoms with van der Waals surface area (Å²) in [5.74, 6) is -0.598. The molecule has 0 aliphatic rings. The van der Waals surface area contributed by atoms with Gasteiger partial charge in [0.1, 0.15) is 0 Å². The van der Waals surface area contributed by atoms with Crippen LogP contribution in [0.5, 0.6) is 0 Å². The molecule has 0 saturated heterocycles. The van der Waals surface area contributed by atoms with Gasteiger partial charge in [0.05, 0.1) is 26.1 Å². The van der Waals surface area contributed by atoms with Crippen molar-refractivity contribution in [1.29, 1.82) is 0 Å². The number of esters is 1. The SMILES string of the molecule is CCCNC(=O)CN(C)C(=O)CN(C)CCC(=O)OCC. The number of likely N-dealkylation sites (N-methyl/N-ethyl adjacent to an activating group) is 2. The fourth-order valence-corrected chi connectivity index (χ4v) is 1.57. The highest BCUT2D eigenvalue weighted by Gasteiger charge is 2.15. The van der Waals surface area contributed by atoms with E-state index in [0.717, 1.165) is 6.42 Å². The Labute approximate surface area is 126 Å². The number of ether oxygens (including phenoxy) is 1. The van der Waals surface area contributed by atoms with Crippen LogP contribution in [0.2, 0.25) is 0 Å². The second-order valence-corrected chi connectivity index (χ2v) is 4.89. The van der Waals surface area contributed by atoms with Gasteiger partial charge < -0.3 is 15.0 Å². The summed E-state index contributed by atoms with van der Waals surface area (Å²) in [5, 5.41) is 2.72. The molecule has 0 aromatic rings. The number of hydrogen-bond acceptors (Lipinski definition) is 5. The minimum absolute atomic E-state index is 0.0462. The Morgan fingerprint density at radius 1 is 1.10 bits per heavy atom. The topological polar surface area (TPSA) is 79.0 Å². The first kappa shape index (κ1) is 19.4. The molecule has 0 bridgehead atoms. The lowest BCUT2D eigenvalue weighted by Crippen LogP contribution is -2.42. The molecule has 0 aliphatic carbocycles. The second-order valence-electron chi connectivity index (χ2n) is 4.89. The van der Waals surface area contributed by atoms with Crippen molar-refractivity contribution in [3.63, 3.8) is 0 Å². The summed E-state index contributed by atoms with van der Waals surface area (Å²) in [5.41, 5.74) is 0. The van der Waals surface area contributed by atoms with Crippen LogP contribution < -0.4 is 5.32 Å². The molecule has 122 valence electrons. The number of hydrogen-bond donors (Lipinski definition) is 1. The van der Waals surface area contributed by atoms with Crippen LogP contribution in [0.4, 0.5) is 0 Å². The van der Waals surface area contributed by atoms with E-state index in [-0.39, 0.29) is 37.3 Å². The van der Waals surface area contributed by atoms with Crippen molar-refractivity contribution in [2.24, 2.45) is 0 Å². The Hall–Kier alpha value is -1.63. The molecule has 1 N–H and O–H groups in total. The zero-order chi connectivity index (χ0) is 16.3. The van der Waals surface area contributed by atoms with Gasteiger partial charge >= 0.3 is 5.97 Å². The average molecular weight is 301 g/mol. The van der Waals surface area contributed by atoms with Gasteiger partial charge in [0.25, 0.3) is 0 Å². The summed E-state index contributed by atoms with van der Waals surface area (Å²) < 4.78 is 4.82. The van der Waals surface area contributed by atoms with Gasteiger partial charge in [-0.15, -0.1) is 0 Å². The van der Waals surface area contributed by atoms with E-state index in [1.165, 1.54) is 4.90 Å². The molecule has 0 aliphatic heterocycles. The first-order valence-electron chi connectivity index (χ1n) is 7.25. The monoisotopic (exact) mass is 301 g/mol. The normalized spacial score (nSPS) is 10.3. The van der Waals surface area contributed by atoms with Gasteiger partial charge in [-0.1, -0.05) is 6.92 Å². The number of rotatable bonds is 10. The maximum atomic E-state index is 11.9. The van der Waals surface area contributed by atoms with E-state index in [2.05, 4.69) is 5.32 Å². The molecular formula is C14H27N3O4. The fraction of sp³-hybridized carbons (Fsp3) is 0.786. The lowest BCUT2D eigenvalue weighted by molar-refractivity contribution is -0.144. The van der Waals surface area contributed by atoms with Gasteiger partial charge in [-0.2, -0.15) is 0 Å². The smallest absolute Gasteiger partial charge is 0.307 e. The first-order valence-corrected chi connectivity index (χ1v) is 7.25. The van der Waals surface area contributed by atoms with Gasteiger partial charge in [-0.3, -0.25) is 19.3 Å². The van der Waals surface area contributed by atoms with Crippen LogP contribution in [-0.4, -0.2) is 74.5 Å². The van der Waals surface area contributed by atoms with E-state index < -0.39 is 0 Å². The largest absolute Gasteiger partial charge is 0.466 e. The predicted octanol–water partition coefficient (Wildman–Crippen LogP) is -0.144. The van der Waals surface area contributed by atoms with Crippen LogP contribution in [0.25, 0.3) is 0 Å². The Balaban J connectivity index is 3.99. The Morgan fingerprint density at radius 2 is 1.76 bits per heavy atom. The van der Waals surface area contributed by atoms with E-state index in [9.17, 15) is 14.4 Å². The minimum Gasteiger partial charge on any atom is -0.466 e. The van der Waals surface area contributed by atoms with Gasteiger partial charge in [-0.25, -0.2) is 0 Å². The van der Waals surface area contributed by atoms with E-state index in [1.807, 2.05) is 6.92 Å². The Kier molecular flexibility index (Phi) is 10.2. The van der Waals surface area contributed by atoms with E-state index in [0.29, 0.717) is 19.7 Å². The molecule has 0 unspecified atom stereocenters. The number of nitrogens with one attached hydrogen (secondary N) is 1. The van der Waals surface area contributed by atoms with Gasteiger partial charge in [0.2, 0.25) is 11.8 Å². The van der Waals surface area contributed by atoms with Gasteiger partial charge in [-0.05, 0) is 20.4 Å². The molecule has 7 heteroatoms. The zero-order valence-electron chi connectivity index (χ0n) is 13.5. The van der Waals surface area contributed by atoms with Crippen LogP contribution in [-0.2, 0) is 19.1 Å². The first-order chi connectivity index (χ1) is 9.90. The van der Waals surface area contributed by atoms with Crippen molar-refractivity contribution in [1.82, 2.24) is 15.1 Å². The molecule has 7 nitrogen and oxygen atoms in total. The van der Waals surface area contributed by atoms with Crippen molar-refractivity contribution >= 4 is 17.8 Å². The van der Waals surface area contributed by atoms with Gasteiger partial charge in [0.15, 0.2) is 0 Å². The highest BCUT2D eigenvalue weighted by molar-refractivity contribution is 5.85. The standard InChI is InChI=1S/C14H27N3O4/c1-5-8-15-12(18)10-17(4)13(19)11-16(3)9-7-14(20)21-6-2/h5-11H2,1-4H3,(H,15,18). The average Bonchev–Trinajstić information content (AvgIpc) is 2.43. The molecule has 21 heavy (non-hydrogen) atoms. The Morgan fingerprint density at radius 3 is 2.33 bits per heavy atom. The number of carbonyl (C=O) groups is 3. The molecular weight excluding hydrogens is 274 g/mol. The van der Waals surface area contributed by atoms with Crippen molar-refractivity contribution < 1.29 is 19.1 Å². The lowest BCUT2D eigenvalue weighted by Gasteiger charge is -2.21. The highest BCUT2D eigenvalue weighted by Crippen LogP contribution is 1.94. The van der Waals surface area contributed by atoms with E-state index in [4.69, 9.17) is 4.74 Å². The molecule has 0 atom stereocenters. The fourth-order valence-electron chi connectivity index (χ4n) is 1.57. The summed E-state index contributed by atoms with van der Waals surface area (Å²) in [6.45, 7) is 5.34. The minimum atomic E-state index is -0.274. The van der Waals surface area contributed by atoms with Crippen molar-refractivity contribution in [3.8, 4) is 0 Å². The van der Waals surface area contributed by atoms with Crippen molar-refractivity contribution in [3.05, 3.63) is 0 Å². The maximum Gasteiger partial charge on any atom is 0.307 e. The van der Waals surface area contributed by atoms with Crippen LogP contribution in [0.1, 0.15) is 26.7 Å². The molecule has 0 spiro atoms. The predicted molar refractivity (Wildman–Crippen MR) is 79.7 cm³/mol. The van der Waals surface area contributed by atoms with Crippen molar-refractivity contribution in [2.45, 2.75) is 26.7 Å². The molecule has 0 saturated carbocycles.